The van der Waals surface area contributed by atoms with Crippen molar-refractivity contribution < 1.29 is 9.53 Å². The molecule has 0 aromatic heterocycles. The highest BCUT2D eigenvalue weighted by molar-refractivity contribution is 5.91. The van der Waals surface area contributed by atoms with Gasteiger partial charge in [0, 0.05) is 12.6 Å². The Bertz CT molecular complexity index is 618. The molecule has 2 aromatic rings. The molecule has 2 rings (SSSR count). The van der Waals surface area contributed by atoms with Gasteiger partial charge in [0.25, 0.3) is 0 Å². The Labute approximate surface area is 138 Å². The van der Waals surface area contributed by atoms with Crippen molar-refractivity contribution in [2.24, 2.45) is 0 Å². The first-order valence-electron chi connectivity index (χ1n) is 8.00. The first-order chi connectivity index (χ1) is 11.3. The second-order valence-corrected chi connectivity index (χ2v) is 5.22. The van der Waals surface area contributed by atoms with Crippen LogP contribution < -0.4 is 10.1 Å². The van der Waals surface area contributed by atoms with E-state index in [1.54, 1.807) is 6.08 Å². The number of hydrogen-bond acceptors (Lipinski definition) is 2. The molecular weight excluding hydrogens is 286 g/mol. The molecule has 0 saturated heterocycles. The Balaban J connectivity index is 1.69. The van der Waals surface area contributed by atoms with Gasteiger partial charge in [-0.3, -0.25) is 4.79 Å². The lowest BCUT2D eigenvalue weighted by molar-refractivity contribution is -0.116. The summed E-state index contributed by atoms with van der Waals surface area (Å²) in [4.78, 5) is 11.8. The van der Waals surface area contributed by atoms with Gasteiger partial charge in [0.1, 0.15) is 5.75 Å². The quantitative estimate of drug-likeness (QED) is 0.594. The maximum atomic E-state index is 11.8. The monoisotopic (exact) mass is 309 g/mol. The third-order valence-corrected chi connectivity index (χ3v) is 3.40. The smallest absolute Gasteiger partial charge is 0.243 e. The van der Waals surface area contributed by atoms with Gasteiger partial charge in [-0.05, 0) is 49.1 Å². The van der Waals surface area contributed by atoms with Crippen molar-refractivity contribution in [2.75, 3.05) is 13.2 Å². The molecule has 0 radical (unpaired) electrons. The number of nitrogens with one attached hydrogen (secondary N) is 1. The van der Waals surface area contributed by atoms with E-state index in [1.807, 2.05) is 55.5 Å². The molecular formula is C20H23NO2. The molecule has 0 fully saturated rings. The molecule has 3 heteroatoms. The van der Waals surface area contributed by atoms with Crippen LogP contribution in [0, 0.1) is 0 Å². The predicted octanol–water partition coefficient (Wildman–Crippen LogP) is 3.85. The summed E-state index contributed by atoms with van der Waals surface area (Å²) in [7, 11) is 0. The number of aryl methyl sites for hydroxylation is 1. The molecule has 0 unspecified atom stereocenters. The highest BCUT2D eigenvalue weighted by atomic mass is 16.5. The standard InChI is InChI=1S/C20H23NO2/c1-2-23-19-13-10-18(11-14-19)12-15-20(22)21-16-6-9-17-7-4-3-5-8-17/h3-5,7-8,10-15H,2,6,9,16H2,1H3,(H,21,22)/b15-12+. The molecule has 120 valence electrons. The van der Waals surface area contributed by atoms with E-state index in [0.29, 0.717) is 13.2 Å². The van der Waals surface area contributed by atoms with E-state index in [0.717, 1.165) is 24.2 Å². The lowest BCUT2D eigenvalue weighted by Gasteiger charge is -2.03. The molecule has 1 N–H and O–H groups in total. The number of amides is 1. The molecule has 0 aliphatic rings. The molecule has 0 saturated carbocycles. The van der Waals surface area contributed by atoms with Crippen molar-refractivity contribution in [3.8, 4) is 5.75 Å². The van der Waals surface area contributed by atoms with E-state index in [9.17, 15) is 4.79 Å². The van der Waals surface area contributed by atoms with E-state index in [4.69, 9.17) is 4.74 Å². The Hall–Kier alpha value is -2.55. The van der Waals surface area contributed by atoms with Gasteiger partial charge in [0.05, 0.1) is 6.61 Å². The molecule has 3 nitrogen and oxygen atoms in total. The van der Waals surface area contributed by atoms with E-state index in [-0.39, 0.29) is 5.91 Å². The summed E-state index contributed by atoms with van der Waals surface area (Å²) in [5.74, 6) is 0.780. The molecule has 23 heavy (non-hydrogen) atoms. The van der Waals surface area contributed by atoms with E-state index in [2.05, 4.69) is 17.4 Å². The van der Waals surface area contributed by atoms with Crippen molar-refractivity contribution in [3.05, 3.63) is 71.8 Å². The number of carbonyl (C=O) groups is 1. The molecule has 1 amide bonds. The van der Waals surface area contributed by atoms with Crippen LogP contribution in [0.5, 0.6) is 5.75 Å². The fourth-order valence-electron chi connectivity index (χ4n) is 2.22. The van der Waals surface area contributed by atoms with Crippen LogP contribution in [-0.4, -0.2) is 19.1 Å². The largest absolute Gasteiger partial charge is 0.494 e. The van der Waals surface area contributed by atoms with Gasteiger partial charge < -0.3 is 10.1 Å². The highest BCUT2D eigenvalue weighted by Gasteiger charge is 1.97. The zero-order chi connectivity index (χ0) is 16.3. The number of benzene rings is 2. The average molecular weight is 309 g/mol. The van der Waals surface area contributed by atoms with Crippen LogP contribution in [0.15, 0.2) is 60.7 Å². The first kappa shape index (κ1) is 16.8. The van der Waals surface area contributed by atoms with Crippen LogP contribution in [-0.2, 0) is 11.2 Å². The molecule has 0 heterocycles. The van der Waals surface area contributed by atoms with Crippen molar-refractivity contribution in [1.82, 2.24) is 5.32 Å². The fraction of sp³-hybridized carbons (Fsp3) is 0.250. The molecule has 0 aliphatic carbocycles. The van der Waals surface area contributed by atoms with Crippen LogP contribution in [0.1, 0.15) is 24.5 Å². The molecule has 0 aliphatic heterocycles. The van der Waals surface area contributed by atoms with Crippen molar-refractivity contribution >= 4 is 12.0 Å². The van der Waals surface area contributed by atoms with E-state index in [1.165, 1.54) is 5.56 Å². The third-order valence-electron chi connectivity index (χ3n) is 3.40. The van der Waals surface area contributed by atoms with Gasteiger partial charge in [-0.25, -0.2) is 0 Å². The van der Waals surface area contributed by atoms with E-state index < -0.39 is 0 Å². The second kappa shape index (κ2) is 9.46. The maximum Gasteiger partial charge on any atom is 0.243 e. The zero-order valence-corrected chi connectivity index (χ0v) is 13.5. The summed E-state index contributed by atoms with van der Waals surface area (Å²) in [6, 6.07) is 18.0. The van der Waals surface area contributed by atoms with Crippen LogP contribution >= 0.6 is 0 Å². The Morgan fingerprint density at radius 3 is 2.52 bits per heavy atom. The summed E-state index contributed by atoms with van der Waals surface area (Å²) >= 11 is 0. The normalized spacial score (nSPS) is 10.7. The number of carbonyl (C=O) groups excluding carboxylic acids is 1. The Kier molecular flexibility index (Phi) is 6.92. The van der Waals surface area contributed by atoms with Crippen LogP contribution in [0.4, 0.5) is 0 Å². The third kappa shape index (κ3) is 6.39. The van der Waals surface area contributed by atoms with Gasteiger partial charge in [0.2, 0.25) is 5.91 Å². The molecule has 0 spiro atoms. The first-order valence-corrected chi connectivity index (χ1v) is 8.00. The Morgan fingerprint density at radius 2 is 1.83 bits per heavy atom. The summed E-state index contributed by atoms with van der Waals surface area (Å²) < 4.78 is 5.38. The summed E-state index contributed by atoms with van der Waals surface area (Å²) in [6.07, 6.45) is 5.29. The summed E-state index contributed by atoms with van der Waals surface area (Å²) in [6.45, 7) is 3.29. The average Bonchev–Trinajstić information content (AvgIpc) is 2.59. The molecule has 2 aromatic carbocycles. The number of ether oxygens (including phenoxy) is 1. The highest BCUT2D eigenvalue weighted by Crippen LogP contribution is 2.12. The number of rotatable bonds is 8. The van der Waals surface area contributed by atoms with Crippen LogP contribution in [0.3, 0.4) is 0 Å². The lowest BCUT2D eigenvalue weighted by Crippen LogP contribution is -2.22. The minimum absolute atomic E-state index is 0.0630. The van der Waals surface area contributed by atoms with Crippen molar-refractivity contribution in [2.45, 2.75) is 19.8 Å². The van der Waals surface area contributed by atoms with E-state index >= 15 is 0 Å². The minimum atomic E-state index is -0.0630. The summed E-state index contributed by atoms with van der Waals surface area (Å²) in [5.41, 5.74) is 2.28. The zero-order valence-electron chi connectivity index (χ0n) is 13.5. The minimum Gasteiger partial charge on any atom is -0.494 e. The van der Waals surface area contributed by atoms with Gasteiger partial charge in [0.15, 0.2) is 0 Å². The predicted molar refractivity (Wildman–Crippen MR) is 94.4 cm³/mol. The van der Waals surface area contributed by atoms with Crippen molar-refractivity contribution in [1.29, 1.82) is 0 Å². The maximum absolute atomic E-state index is 11.8. The van der Waals surface area contributed by atoms with Gasteiger partial charge in [-0.15, -0.1) is 0 Å². The SMILES string of the molecule is CCOc1ccc(/C=C/C(=O)NCCCc2ccccc2)cc1. The second-order valence-electron chi connectivity index (χ2n) is 5.22. The van der Waals surface area contributed by atoms with Crippen LogP contribution in [0.25, 0.3) is 6.08 Å². The fourth-order valence-corrected chi connectivity index (χ4v) is 2.22. The topological polar surface area (TPSA) is 38.3 Å². The van der Waals surface area contributed by atoms with Gasteiger partial charge in [-0.1, -0.05) is 42.5 Å². The molecule has 0 atom stereocenters. The molecule has 0 bridgehead atoms. The van der Waals surface area contributed by atoms with Gasteiger partial charge in [-0.2, -0.15) is 0 Å². The number of hydrogen-bond donors (Lipinski definition) is 1. The van der Waals surface area contributed by atoms with Crippen molar-refractivity contribution in [3.63, 3.8) is 0 Å². The Morgan fingerprint density at radius 1 is 1.09 bits per heavy atom. The van der Waals surface area contributed by atoms with Crippen LogP contribution in [0.2, 0.25) is 0 Å². The van der Waals surface area contributed by atoms with Gasteiger partial charge >= 0.3 is 0 Å². The lowest BCUT2D eigenvalue weighted by atomic mass is 10.1. The summed E-state index contributed by atoms with van der Waals surface area (Å²) in [5, 5.41) is 2.90.